The van der Waals surface area contributed by atoms with Crippen LogP contribution in [-0.4, -0.2) is 22.6 Å². The molecule has 0 bridgehead atoms. The van der Waals surface area contributed by atoms with Gasteiger partial charge in [0.1, 0.15) is 0 Å². The Morgan fingerprint density at radius 1 is 1.23 bits per heavy atom. The van der Waals surface area contributed by atoms with Gasteiger partial charge in [-0.3, -0.25) is 4.79 Å². The zero-order valence-electron chi connectivity index (χ0n) is 14.9. The highest BCUT2D eigenvalue weighted by Crippen LogP contribution is 2.22. The van der Waals surface area contributed by atoms with Gasteiger partial charge >= 0.3 is 0 Å². The summed E-state index contributed by atoms with van der Waals surface area (Å²) in [5.74, 6) is 0.378. The van der Waals surface area contributed by atoms with Crippen LogP contribution in [0.5, 0.6) is 5.88 Å². The molecule has 5 nitrogen and oxygen atoms in total. The van der Waals surface area contributed by atoms with Gasteiger partial charge in [0.2, 0.25) is 5.88 Å². The average molecular weight is 370 g/mol. The maximum Gasteiger partial charge on any atom is 0.253 e. The van der Waals surface area contributed by atoms with Crippen molar-refractivity contribution < 1.29 is 9.53 Å². The lowest BCUT2D eigenvalue weighted by molar-refractivity contribution is 0.0950. The standard InChI is InChI=1S/C20H20ClN3O2/c1-13-11-18(14(2)24(13)17-8-6-16(21)7-9-17)19(25)23-12-15-5-4-10-22-20(15)26-3/h4-11H,12H2,1-3H3,(H,23,25). The van der Waals surface area contributed by atoms with Crippen molar-refractivity contribution >= 4 is 17.5 Å². The summed E-state index contributed by atoms with van der Waals surface area (Å²) in [5.41, 5.74) is 4.29. The van der Waals surface area contributed by atoms with E-state index in [2.05, 4.69) is 10.3 Å². The molecule has 1 N–H and O–H groups in total. The summed E-state index contributed by atoms with van der Waals surface area (Å²) in [6.45, 7) is 4.25. The molecule has 1 aromatic carbocycles. The molecule has 1 amide bonds. The summed E-state index contributed by atoms with van der Waals surface area (Å²) in [7, 11) is 1.56. The average Bonchev–Trinajstić information content (AvgIpc) is 2.95. The van der Waals surface area contributed by atoms with Crippen molar-refractivity contribution in [3.05, 3.63) is 76.2 Å². The van der Waals surface area contributed by atoms with Crippen LogP contribution in [0.3, 0.4) is 0 Å². The molecule has 3 rings (SSSR count). The van der Waals surface area contributed by atoms with Gasteiger partial charge < -0.3 is 14.6 Å². The largest absolute Gasteiger partial charge is 0.481 e. The molecule has 6 heteroatoms. The molecule has 3 aromatic rings. The minimum atomic E-state index is -0.135. The number of nitrogens with zero attached hydrogens (tertiary/aromatic N) is 2. The zero-order chi connectivity index (χ0) is 18.7. The molecule has 0 unspecified atom stereocenters. The summed E-state index contributed by atoms with van der Waals surface area (Å²) in [4.78, 5) is 16.8. The maximum atomic E-state index is 12.7. The van der Waals surface area contributed by atoms with Crippen LogP contribution >= 0.6 is 11.6 Å². The van der Waals surface area contributed by atoms with Crippen LogP contribution in [0.1, 0.15) is 27.3 Å². The van der Waals surface area contributed by atoms with Crippen molar-refractivity contribution in [3.63, 3.8) is 0 Å². The number of benzene rings is 1. The van der Waals surface area contributed by atoms with E-state index in [0.717, 1.165) is 22.6 Å². The lowest BCUT2D eigenvalue weighted by atomic mass is 10.2. The van der Waals surface area contributed by atoms with E-state index in [-0.39, 0.29) is 5.91 Å². The Morgan fingerprint density at radius 3 is 2.65 bits per heavy atom. The van der Waals surface area contributed by atoms with Gasteiger partial charge in [-0.1, -0.05) is 17.7 Å². The van der Waals surface area contributed by atoms with Crippen LogP contribution in [0, 0.1) is 13.8 Å². The summed E-state index contributed by atoms with van der Waals surface area (Å²) < 4.78 is 7.26. The third-order valence-corrected chi connectivity index (χ3v) is 4.50. The van der Waals surface area contributed by atoms with Crippen molar-refractivity contribution in [3.8, 4) is 11.6 Å². The Kier molecular flexibility index (Phi) is 5.28. The van der Waals surface area contributed by atoms with Crippen LogP contribution in [0.4, 0.5) is 0 Å². The monoisotopic (exact) mass is 369 g/mol. The molecule has 0 atom stereocenters. The molecule has 2 aromatic heterocycles. The van der Waals surface area contributed by atoms with Crippen molar-refractivity contribution in [1.82, 2.24) is 14.9 Å². The van der Waals surface area contributed by atoms with Gasteiger partial charge in [0, 0.05) is 40.4 Å². The predicted octanol–water partition coefficient (Wildman–Crippen LogP) is 4.08. The highest BCUT2D eigenvalue weighted by atomic mass is 35.5. The fourth-order valence-corrected chi connectivity index (χ4v) is 3.12. The second-order valence-corrected chi connectivity index (χ2v) is 6.39. The number of hydrogen-bond donors (Lipinski definition) is 1. The Labute approximate surface area is 157 Å². The lowest BCUT2D eigenvalue weighted by Crippen LogP contribution is -2.23. The fourth-order valence-electron chi connectivity index (χ4n) is 2.99. The Hall–Kier alpha value is -2.79. The normalized spacial score (nSPS) is 10.6. The highest BCUT2D eigenvalue weighted by molar-refractivity contribution is 6.30. The van der Waals surface area contributed by atoms with Gasteiger partial charge in [0.05, 0.1) is 12.7 Å². The Balaban J connectivity index is 1.82. The molecule has 134 valence electrons. The van der Waals surface area contributed by atoms with Crippen LogP contribution in [0.2, 0.25) is 5.02 Å². The molecule has 0 aliphatic heterocycles. The first-order chi connectivity index (χ1) is 12.5. The van der Waals surface area contributed by atoms with Crippen LogP contribution < -0.4 is 10.1 Å². The molecule has 2 heterocycles. The lowest BCUT2D eigenvalue weighted by Gasteiger charge is -2.11. The summed E-state index contributed by atoms with van der Waals surface area (Å²) in [5, 5.41) is 3.62. The molecule has 0 radical (unpaired) electrons. The van der Waals surface area contributed by atoms with Crippen molar-refractivity contribution in [2.24, 2.45) is 0 Å². The molecule has 0 aliphatic carbocycles. The summed E-state index contributed by atoms with van der Waals surface area (Å²) in [6, 6.07) is 13.1. The van der Waals surface area contributed by atoms with E-state index in [1.165, 1.54) is 0 Å². The van der Waals surface area contributed by atoms with E-state index in [0.29, 0.717) is 23.0 Å². The first kappa shape index (κ1) is 18.0. The summed E-state index contributed by atoms with van der Waals surface area (Å²) >= 11 is 5.97. The molecule has 0 fully saturated rings. The minimum absolute atomic E-state index is 0.135. The van der Waals surface area contributed by atoms with Crippen LogP contribution in [-0.2, 0) is 6.54 Å². The number of halogens is 1. The number of rotatable bonds is 5. The first-order valence-electron chi connectivity index (χ1n) is 8.22. The first-order valence-corrected chi connectivity index (χ1v) is 8.60. The number of hydrogen-bond acceptors (Lipinski definition) is 3. The van der Waals surface area contributed by atoms with Crippen LogP contribution in [0.25, 0.3) is 5.69 Å². The molecule has 0 saturated carbocycles. The summed E-state index contributed by atoms with van der Waals surface area (Å²) in [6.07, 6.45) is 1.66. The SMILES string of the molecule is COc1ncccc1CNC(=O)c1cc(C)n(-c2ccc(Cl)cc2)c1C. The van der Waals surface area contributed by atoms with Gasteiger partial charge in [-0.05, 0) is 50.2 Å². The number of aromatic nitrogens is 2. The Morgan fingerprint density at radius 2 is 1.96 bits per heavy atom. The van der Waals surface area contributed by atoms with Gasteiger partial charge in [-0.2, -0.15) is 0 Å². The fraction of sp³-hybridized carbons (Fsp3) is 0.200. The van der Waals surface area contributed by atoms with E-state index in [1.807, 2.05) is 60.9 Å². The van der Waals surface area contributed by atoms with Crippen molar-refractivity contribution in [2.75, 3.05) is 7.11 Å². The van der Waals surface area contributed by atoms with E-state index in [9.17, 15) is 4.79 Å². The predicted molar refractivity (Wildman–Crippen MR) is 102 cm³/mol. The number of amides is 1. The second-order valence-electron chi connectivity index (χ2n) is 5.95. The van der Waals surface area contributed by atoms with Crippen molar-refractivity contribution in [2.45, 2.75) is 20.4 Å². The quantitative estimate of drug-likeness (QED) is 0.737. The van der Waals surface area contributed by atoms with E-state index < -0.39 is 0 Å². The number of methoxy groups -OCH3 is 1. The van der Waals surface area contributed by atoms with Crippen molar-refractivity contribution in [1.29, 1.82) is 0 Å². The molecular weight excluding hydrogens is 350 g/mol. The van der Waals surface area contributed by atoms with Crippen LogP contribution in [0.15, 0.2) is 48.7 Å². The third kappa shape index (κ3) is 3.58. The van der Waals surface area contributed by atoms with Gasteiger partial charge in [0.25, 0.3) is 5.91 Å². The van der Waals surface area contributed by atoms with E-state index in [1.54, 1.807) is 13.3 Å². The third-order valence-electron chi connectivity index (χ3n) is 4.24. The van der Waals surface area contributed by atoms with E-state index in [4.69, 9.17) is 16.3 Å². The minimum Gasteiger partial charge on any atom is -0.481 e. The Bertz CT molecular complexity index is 933. The molecule has 0 aliphatic rings. The number of ether oxygens (including phenoxy) is 1. The molecule has 0 saturated heterocycles. The molecular formula is C20H20ClN3O2. The van der Waals surface area contributed by atoms with E-state index >= 15 is 0 Å². The number of carbonyl (C=O) groups excluding carboxylic acids is 1. The smallest absolute Gasteiger partial charge is 0.253 e. The number of aryl methyl sites for hydroxylation is 1. The van der Waals surface area contributed by atoms with Gasteiger partial charge in [-0.25, -0.2) is 4.98 Å². The van der Waals surface area contributed by atoms with Gasteiger partial charge in [-0.15, -0.1) is 0 Å². The topological polar surface area (TPSA) is 56.1 Å². The molecule has 26 heavy (non-hydrogen) atoms. The number of carbonyl (C=O) groups is 1. The van der Waals surface area contributed by atoms with Gasteiger partial charge in [0.15, 0.2) is 0 Å². The highest BCUT2D eigenvalue weighted by Gasteiger charge is 2.17. The number of nitrogens with one attached hydrogen (secondary N) is 1. The zero-order valence-corrected chi connectivity index (χ0v) is 15.7. The number of pyridine rings is 1. The molecule has 0 spiro atoms. The maximum absolute atomic E-state index is 12.7. The second kappa shape index (κ2) is 7.62.